The molecule has 1 aromatic heterocycles. The largest absolute Gasteiger partial charge is 0.359 e. The predicted octanol–water partition coefficient (Wildman–Crippen LogP) is 1.10. The van der Waals surface area contributed by atoms with Gasteiger partial charge in [-0.2, -0.15) is 5.10 Å². The first-order valence-electron chi connectivity index (χ1n) is 7.45. The molecule has 0 spiro atoms. The van der Waals surface area contributed by atoms with Crippen molar-refractivity contribution in [3.63, 3.8) is 0 Å². The molecule has 126 valence electrons. The number of thiocarbonyl (C=S) groups is 1. The molecule has 1 aromatic rings. The van der Waals surface area contributed by atoms with Gasteiger partial charge in [0.25, 0.3) is 5.91 Å². The molecule has 1 fully saturated rings. The first kappa shape index (κ1) is 17.1. The summed E-state index contributed by atoms with van der Waals surface area (Å²) in [5.41, 5.74) is 5.29. The molecule has 0 aromatic carbocycles. The van der Waals surface area contributed by atoms with Crippen molar-refractivity contribution in [1.29, 1.82) is 0 Å². The van der Waals surface area contributed by atoms with E-state index in [2.05, 4.69) is 21.3 Å². The van der Waals surface area contributed by atoms with Crippen molar-refractivity contribution in [3.05, 3.63) is 22.0 Å². The molecule has 0 radical (unpaired) electrons. The maximum absolute atomic E-state index is 12.1. The van der Waals surface area contributed by atoms with Crippen LogP contribution in [-0.2, 0) is 4.79 Å². The molecule has 9 nitrogen and oxygen atoms in total. The van der Waals surface area contributed by atoms with E-state index in [1.807, 2.05) is 0 Å². The Hall–Kier alpha value is -2.23. The predicted molar refractivity (Wildman–Crippen MR) is 87.6 cm³/mol. The maximum Gasteiger partial charge on any atom is 0.309 e. The van der Waals surface area contributed by atoms with Gasteiger partial charge in [0.15, 0.2) is 5.11 Å². The highest BCUT2D eigenvalue weighted by Gasteiger charge is 2.22. The van der Waals surface area contributed by atoms with Gasteiger partial charge in [0, 0.05) is 6.04 Å². The van der Waals surface area contributed by atoms with Gasteiger partial charge in [0.2, 0.25) is 0 Å². The Labute approximate surface area is 138 Å². The van der Waals surface area contributed by atoms with E-state index in [9.17, 15) is 14.9 Å². The van der Waals surface area contributed by atoms with Gasteiger partial charge >= 0.3 is 5.69 Å². The number of aryl methyl sites for hydroxylation is 1. The topological polar surface area (TPSA) is 114 Å². The van der Waals surface area contributed by atoms with Gasteiger partial charge in [-0.05, 0) is 38.9 Å². The number of aromatic nitrogens is 2. The summed E-state index contributed by atoms with van der Waals surface area (Å²) in [6, 6.07) is -0.357. The Morgan fingerprint density at radius 1 is 1.48 bits per heavy atom. The van der Waals surface area contributed by atoms with Crippen LogP contribution in [0, 0.1) is 17.0 Å². The average Bonchev–Trinajstić information content (AvgIpc) is 3.13. The van der Waals surface area contributed by atoms with Crippen molar-refractivity contribution in [2.45, 2.75) is 51.6 Å². The smallest absolute Gasteiger partial charge is 0.309 e. The van der Waals surface area contributed by atoms with Gasteiger partial charge in [-0.3, -0.25) is 30.4 Å². The van der Waals surface area contributed by atoms with Gasteiger partial charge in [-0.25, -0.2) is 0 Å². The zero-order chi connectivity index (χ0) is 17.0. The van der Waals surface area contributed by atoms with Crippen LogP contribution in [-0.4, -0.2) is 31.8 Å². The summed E-state index contributed by atoms with van der Waals surface area (Å²) in [6.45, 7) is 3.12. The molecule has 0 saturated heterocycles. The number of hydrazine groups is 1. The van der Waals surface area contributed by atoms with E-state index in [0.717, 1.165) is 12.8 Å². The fraction of sp³-hybridized carbons (Fsp3) is 0.615. The number of carbonyl (C=O) groups excluding carboxylic acids is 1. The quantitative estimate of drug-likeness (QED) is 0.427. The van der Waals surface area contributed by atoms with Gasteiger partial charge in [-0.15, -0.1) is 0 Å². The highest BCUT2D eigenvalue weighted by atomic mass is 32.1. The third-order valence-electron chi connectivity index (χ3n) is 3.85. The fourth-order valence-electron chi connectivity index (χ4n) is 2.48. The lowest BCUT2D eigenvalue weighted by Gasteiger charge is -2.17. The lowest BCUT2D eigenvalue weighted by atomic mass is 10.3. The van der Waals surface area contributed by atoms with E-state index in [4.69, 9.17) is 12.2 Å². The fourth-order valence-corrected chi connectivity index (χ4v) is 2.70. The molecule has 1 heterocycles. The molecule has 1 aliphatic rings. The molecule has 0 unspecified atom stereocenters. The number of hydrogen-bond donors (Lipinski definition) is 3. The van der Waals surface area contributed by atoms with Crippen LogP contribution in [0.15, 0.2) is 6.20 Å². The van der Waals surface area contributed by atoms with Crippen LogP contribution in [0.25, 0.3) is 0 Å². The van der Waals surface area contributed by atoms with Crippen molar-refractivity contribution < 1.29 is 9.72 Å². The summed E-state index contributed by atoms with van der Waals surface area (Å²) in [5.74, 6) is -0.391. The van der Waals surface area contributed by atoms with E-state index in [1.165, 1.54) is 30.6 Å². The summed E-state index contributed by atoms with van der Waals surface area (Å²) in [5, 5.41) is 18.3. The van der Waals surface area contributed by atoms with Crippen molar-refractivity contribution in [3.8, 4) is 0 Å². The zero-order valence-electron chi connectivity index (χ0n) is 13.0. The van der Waals surface area contributed by atoms with Crippen LogP contribution in [0.3, 0.4) is 0 Å². The first-order valence-corrected chi connectivity index (χ1v) is 7.86. The number of hydrogen-bond acceptors (Lipinski definition) is 5. The Bertz CT molecular complexity index is 611. The summed E-state index contributed by atoms with van der Waals surface area (Å²) in [6.07, 6.45) is 5.75. The van der Waals surface area contributed by atoms with Gasteiger partial charge in [-0.1, -0.05) is 12.8 Å². The number of nitro groups is 1. The van der Waals surface area contributed by atoms with Gasteiger partial charge in [0.1, 0.15) is 17.9 Å². The minimum Gasteiger partial charge on any atom is -0.359 e. The van der Waals surface area contributed by atoms with Crippen LogP contribution in [0.4, 0.5) is 5.69 Å². The summed E-state index contributed by atoms with van der Waals surface area (Å²) >= 11 is 5.12. The third-order valence-corrected chi connectivity index (χ3v) is 4.07. The lowest BCUT2D eigenvalue weighted by molar-refractivity contribution is -0.385. The van der Waals surface area contributed by atoms with Crippen LogP contribution >= 0.6 is 12.2 Å². The molecule has 0 aliphatic heterocycles. The van der Waals surface area contributed by atoms with Crippen molar-refractivity contribution in [2.24, 2.45) is 0 Å². The molecular weight excluding hydrogens is 320 g/mol. The van der Waals surface area contributed by atoms with E-state index in [1.54, 1.807) is 6.92 Å². The Morgan fingerprint density at radius 2 is 2.13 bits per heavy atom. The third kappa shape index (κ3) is 4.38. The number of nitrogens with zero attached hydrogens (tertiary/aromatic N) is 3. The highest BCUT2D eigenvalue weighted by molar-refractivity contribution is 7.80. The lowest BCUT2D eigenvalue weighted by Crippen LogP contribution is -2.50. The molecular formula is C13H20N6O3S. The molecule has 2 rings (SSSR count). The molecule has 1 aliphatic carbocycles. The van der Waals surface area contributed by atoms with Crippen LogP contribution in [0.5, 0.6) is 0 Å². The van der Waals surface area contributed by atoms with E-state index in [0.29, 0.717) is 11.2 Å². The number of amides is 1. The van der Waals surface area contributed by atoms with E-state index in [-0.39, 0.29) is 11.4 Å². The summed E-state index contributed by atoms with van der Waals surface area (Å²) in [7, 11) is 0. The molecule has 3 N–H and O–H groups in total. The minimum absolute atomic E-state index is 0.115. The summed E-state index contributed by atoms with van der Waals surface area (Å²) < 4.78 is 1.26. The molecule has 1 atom stereocenters. The molecule has 23 heavy (non-hydrogen) atoms. The Kier molecular flexibility index (Phi) is 5.48. The molecule has 10 heteroatoms. The monoisotopic (exact) mass is 340 g/mol. The minimum atomic E-state index is -0.704. The van der Waals surface area contributed by atoms with Crippen LogP contribution < -0.4 is 16.2 Å². The van der Waals surface area contributed by atoms with E-state index < -0.39 is 16.9 Å². The second kappa shape index (κ2) is 7.36. The normalized spacial score (nSPS) is 15.9. The average molecular weight is 340 g/mol. The number of nitrogens with one attached hydrogen (secondary N) is 3. The van der Waals surface area contributed by atoms with Crippen LogP contribution in [0.2, 0.25) is 0 Å². The zero-order valence-corrected chi connectivity index (χ0v) is 13.9. The standard InChI is InChI=1S/C13H20N6O3S/c1-8-11(19(21)22)7-18(17-8)9(2)12(20)15-16-13(23)14-10-5-3-4-6-10/h7,9-10H,3-6H2,1-2H3,(H,15,20)(H2,14,16,23)/t9-/m0/s1. The van der Waals surface area contributed by atoms with E-state index >= 15 is 0 Å². The van der Waals surface area contributed by atoms with Gasteiger partial charge < -0.3 is 5.32 Å². The molecule has 1 amide bonds. The number of rotatable bonds is 4. The second-order valence-corrected chi connectivity index (χ2v) is 5.99. The Balaban J connectivity index is 1.85. The van der Waals surface area contributed by atoms with Crippen molar-refractivity contribution in [2.75, 3.05) is 0 Å². The molecule has 1 saturated carbocycles. The van der Waals surface area contributed by atoms with Crippen LogP contribution in [0.1, 0.15) is 44.3 Å². The molecule has 0 bridgehead atoms. The maximum atomic E-state index is 12.1. The second-order valence-electron chi connectivity index (χ2n) is 5.58. The van der Waals surface area contributed by atoms with Crippen molar-refractivity contribution in [1.82, 2.24) is 25.9 Å². The summed E-state index contributed by atoms with van der Waals surface area (Å²) in [4.78, 5) is 22.4. The van der Waals surface area contributed by atoms with Crippen molar-refractivity contribution >= 4 is 28.9 Å². The number of carbonyl (C=O) groups is 1. The Morgan fingerprint density at radius 3 is 2.70 bits per heavy atom. The van der Waals surface area contributed by atoms with Gasteiger partial charge in [0.05, 0.1) is 4.92 Å². The highest BCUT2D eigenvalue weighted by Crippen LogP contribution is 2.18. The SMILES string of the molecule is Cc1nn([C@@H](C)C(=O)NNC(=S)NC2CCCC2)cc1[N+](=O)[O-]. The first-order chi connectivity index (χ1) is 10.9.